The van der Waals surface area contributed by atoms with Crippen LogP contribution in [0.2, 0.25) is 0 Å². The van der Waals surface area contributed by atoms with E-state index in [9.17, 15) is 0 Å². The van der Waals surface area contributed by atoms with E-state index in [1.54, 1.807) is 0 Å². The number of rotatable bonds is 2. The van der Waals surface area contributed by atoms with Crippen LogP contribution >= 0.6 is 0 Å². The summed E-state index contributed by atoms with van der Waals surface area (Å²) >= 11 is 0. The van der Waals surface area contributed by atoms with E-state index >= 15 is 0 Å². The van der Waals surface area contributed by atoms with E-state index in [1.807, 2.05) is 18.6 Å². The van der Waals surface area contributed by atoms with Gasteiger partial charge in [-0.15, -0.1) is 0 Å². The Balaban J connectivity index is 1.52. The lowest BCUT2D eigenvalue weighted by Gasteiger charge is -2.23. The highest BCUT2D eigenvalue weighted by Gasteiger charge is 2.38. The molecule has 1 aliphatic carbocycles. The van der Waals surface area contributed by atoms with Crippen molar-refractivity contribution in [1.82, 2.24) is 20.1 Å². The van der Waals surface area contributed by atoms with Crippen molar-refractivity contribution >= 4 is 0 Å². The summed E-state index contributed by atoms with van der Waals surface area (Å²) in [6.45, 7) is 3.41. The molecule has 3 heterocycles. The second-order valence-electron chi connectivity index (χ2n) is 5.76. The molecule has 2 atom stereocenters. The standard InChI is InChI=1S/C15H18N4/c1-2-13-9-19(8-11-3-5-16-6-4-11)10-14(13)15-12(1)7-17-18-15/h3-7,13-14H,1-2,8-10H2,(H,17,18)/t13-,14+/m1/s1. The van der Waals surface area contributed by atoms with Crippen LogP contribution in [0, 0.1) is 5.92 Å². The van der Waals surface area contributed by atoms with Crippen LogP contribution in [0.5, 0.6) is 0 Å². The lowest BCUT2D eigenvalue weighted by Crippen LogP contribution is -2.20. The number of pyridine rings is 1. The van der Waals surface area contributed by atoms with Crippen LogP contribution in [0.4, 0.5) is 0 Å². The molecule has 0 radical (unpaired) electrons. The highest BCUT2D eigenvalue weighted by Crippen LogP contribution is 2.40. The van der Waals surface area contributed by atoms with Crippen LogP contribution in [-0.4, -0.2) is 33.2 Å². The maximum atomic E-state index is 4.22. The number of fused-ring (bicyclic) bond motifs is 3. The number of aromatic nitrogens is 3. The monoisotopic (exact) mass is 254 g/mol. The molecular weight excluding hydrogens is 236 g/mol. The number of nitrogens with one attached hydrogen (secondary N) is 1. The van der Waals surface area contributed by atoms with Crippen LogP contribution < -0.4 is 0 Å². The zero-order valence-electron chi connectivity index (χ0n) is 10.9. The average Bonchev–Trinajstić information content (AvgIpc) is 3.04. The molecule has 1 fully saturated rings. The largest absolute Gasteiger partial charge is 0.298 e. The third kappa shape index (κ3) is 1.96. The van der Waals surface area contributed by atoms with E-state index in [0.29, 0.717) is 5.92 Å². The van der Waals surface area contributed by atoms with Gasteiger partial charge in [0.15, 0.2) is 0 Å². The van der Waals surface area contributed by atoms with E-state index in [1.165, 1.54) is 36.2 Å². The van der Waals surface area contributed by atoms with Crippen molar-refractivity contribution < 1.29 is 0 Å². The first-order chi connectivity index (χ1) is 9.40. The molecule has 4 nitrogen and oxygen atoms in total. The molecule has 1 aliphatic heterocycles. The molecule has 1 N–H and O–H groups in total. The van der Waals surface area contributed by atoms with Gasteiger partial charge in [-0.25, -0.2) is 0 Å². The van der Waals surface area contributed by atoms with Crippen molar-refractivity contribution in [2.45, 2.75) is 25.3 Å². The first kappa shape index (κ1) is 11.2. The van der Waals surface area contributed by atoms with Crippen LogP contribution in [0.25, 0.3) is 0 Å². The summed E-state index contributed by atoms with van der Waals surface area (Å²) in [6, 6.07) is 4.23. The van der Waals surface area contributed by atoms with Gasteiger partial charge < -0.3 is 0 Å². The fourth-order valence-corrected chi connectivity index (χ4v) is 3.64. The van der Waals surface area contributed by atoms with Crippen LogP contribution in [-0.2, 0) is 13.0 Å². The molecule has 0 unspecified atom stereocenters. The lowest BCUT2D eigenvalue weighted by atomic mass is 9.81. The van der Waals surface area contributed by atoms with Crippen molar-refractivity contribution in [3.8, 4) is 0 Å². The van der Waals surface area contributed by atoms with Gasteiger partial charge in [0.05, 0.1) is 6.20 Å². The number of aryl methyl sites for hydroxylation is 1. The van der Waals surface area contributed by atoms with Crippen molar-refractivity contribution in [2.75, 3.05) is 13.1 Å². The van der Waals surface area contributed by atoms with Gasteiger partial charge in [0, 0.05) is 43.6 Å². The van der Waals surface area contributed by atoms with Gasteiger partial charge in [0.1, 0.15) is 0 Å². The molecule has 2 aromatic heterocycles. The molecule has 98 valence electrons. The fraction of sp³-hybridized carbons (Fsp3) is 0.467. The summed E-state index contributed by atoms with van der Waals surface area (Å²) < 4.78 is 0. The molecule has 0 amide bonds. The minimum atomic E-state index is 0.660. The number of hydrogen-bond acceptors (Lipinski definition) is 3. The topological polar surface area (TPSA) is 44.8 Å². The maximum absolute atomic E-state index is 4.22. The Labute approximate surface area is 112 Å². The molecule has 19 heavy (non-hydrogen) atoms. The van der Waals surface area contributed by atoms with Crippen molar-refractivity contribution in [3.63, 3.8) is 0 Å². The first-order valence-corrected chi connectivity index (χ1v) is 7.03. The van der Waals surface area contributed by atoms with Gasteiger partial charge in [-0.2, -0.15) is 5.10 Å². The Bertz CT molecular complexity index is 563. The van der Waals surface area contributed by atoms with Gasteiger partial charge in [0.25, 0.3) is 0 Å². The Kier molecular flexibility index (Phi) is 2.62. The summed E-state index contributed by atoms with van der Waals surface area (Å²) in [5.41, 5.74) is 4.19. The van der Waals surface area contributed by atoms with E-state index < -0.39 is 0 Å². The van der Waals surface area contributed by atoms with Gasteiger partial charge in [-0.05, 0) is 42.0 Å². The summed E-state index contributed by atoms with van der Waals surface area (Å²) in [5.74, 6) is 1.46. The number of nitrogens with zero attached hydrogens (tertiary/aromatic N) is 3. The quantitative estimate of drug-likeness (QED) is 0.891. The van der Waals surface area contributed by atoms with E-state index in [0.717, 1.165) is 19.0 Å². The van der Waals surface area contributed by atoms with Gasteiger partial charge in [-0.3, -0.25) is 15.0 Å². The van der Waals surface area contributed by atoms with E-state index in [-0.39, 0.29) is 0 Å². The van der Waals surface area contributed by atoms with E-state index in [2.05, 4.69) is 32.2 Å². The van der Waals surface area contributed by atoms with Crippen LogP contribution in [0.3, 0.4) is 0 Å². The summed E-state index contributed by atoms with van der Waals surface area (Å²) in [4.78, 5) is 6.65. The predicted molar refractivity (Wildman–Crippen MR) is 72.7 cm³/mol. The SMILES string of the molecule is c1cc(CN2C[C@H]3CCc4cn[nH]c4[C@H]3C2)ccn1. The van der Waals surface area contributed by atoms with Crippen molar-refractivity contribution in [2.24, 2.45) is 5.92 Å². The van der Waals surface area contributed by atoms with Crippen molar-refractivity contribution in [3.05, 3.63) is 47.5 Å². The molecular formula is C15H18N4. The van der Waals surface area contributed by atoms with E-state index in [4.69, 9.17) is 0 Å². The zero-order valence-corrected chi connectivity index (χ0v) is 10.9. The van der Waals surface area contributed by atoms with Crippen LogP contribution in [0.1, 0.15) is 29.2 Å². The third-order valence-electron chi connectivity index (χ3n) is 4.58. The summed E-state index contributed by atoms with van der Waals surface area (Å²) in [5, 5.41) is 7.45. The van der Waals surface area contributed by atoms with Gasteiger partial charge in [0.2, 0.25) is 0 Å². The Morgan fingerprint density at radius 2 is 2.16 bits per heavy atom. The Morgan fingerprint density at radius 3 is 3.05 bits per heavy atom. The average molecular weight is 254 g/mol. The number of aromatic amines is 1. The Morgan fingerprint density at radius 1 is 1.26 bits per heavy atom. The minimum Gasteiger partial charge on any atom is -0.298 e. The normalized spacial score (nSPS) is 26.1. The molecule has 0 bridgehead atoms. The Hall–Kier alpha value is -1.68. The molecule has 0 spiro atoms. The predicted octanol–water partition coefficient (Wildman–Crippen LogP) is 1.97. The highest BCUT2D eigenvalue weighted by molar-refractivity contribution is 5.27. The molecule has 4 rings (SSSR count). The number of likely N-dealkylation sites (tertiary alicyclic amines) is 1. The molecule has 4 heteroatoms. The number of hydrogen-bond donors (Lipinski definition) is 1. The third-order valence-corrected chi connectivity index (χ3v) is 4.58. The molecule has 0 aromatic carbocycles. The lowest BCUT2D eigenvalue weighted by molar-refractivity contribution is 0.313. The highest BCUT2D eigenvalue weighted by atomic mass is 15.2. The second-order valence-corrected chi connectivity index (χ2v) is 5.76. The first-order valence-electron chi connectivity index (χ1n) is 7.03. The van der Waals surface area contributed by atoms with Gasteiger partial charge >= 0.3 is 0 Å². The molecule has 2 aromatic rings. The summed E-state index contributed by atoms with van der Waals surface area (Å²) in [7, 11) is 0. The van der Waals surface area contributed by atoms with Gasteiger partial charge in [-0.1, -0.05) is 0 Å². The smallest absolute Gasteiger partial charge is 0.0522 e. The maximum Gasteiger partial charge on any atom is 0.0522 e. The molecule has 2 aliphatic rings. The molecule has 1 saturated heterocycles. The van der Waals surface area contributed by atoms with Crippen LogP contribution in [0.15, 0.2) is 30.7 Å². The fourth-order valence-electron chi connectivity index (χ4n) is 3.64. The molecule has 0 saturated carbocycles. The second kappa shape index (κ2) is 4.46. The zero-order chi connectivity index (χ0) is 12.7. The van der Waals surface area contributed by atoms with Crippen molar-refractivity contribution in [1.29, 1.82) is 0 Å². The number of H-pyrrole nitrogens is 1. The summed E-state index contributed by atoms with van der Waals surface area (Å²) in [6.07, 6.45) is 8.27. The minimum absolute atomic E-state index is 0.660.